The van der Waals surface area contributed by atoms with Crippen molar-refractivity contribution in [2.45, 2.75) is 46.1 Å². The maximum absolute atomic E-state index is 11.9. The fraction of sp³-hybridized carbons (Fsp3) is 0.857. The minimum atomic E-state index is -0.134. The molecule has 1 saturated heterocycles. The predicted molar refractivity (Wildman–Crippen MR) is 73.7 cm³/mol. The first-order valence-electron chi connectivity index (χ1n) is 6.99. The van der Waals surface area contributed by atoms with Gasteiger partial charge in [0.1, 0.15) is 0 Å². The van der Waals surface area contributed by atoms with E-state index >= 15 is 0 Å². The van der Waals surface area contributed by atoms with E-state index < -0.39 is 0 Å². The molecule has 1 fully saturated rings. The SMILES string of the molecule is CCOCCC(=O)NC[C@H]1CC(=O)N(C(C)(C)C)C1. The van der Waals surface area contributed by atoms with E-state index in [-0.39, 0.29) is 23.3 Å². The summed E-state index contributed by atoms with van der Waals surface area (Å²) >= 11 is 0. The molecular weight excluding hydrogens is 244 g/mol. The Hall–Kier alpha value is -1.10. The number of nitrogens with one attached hydrogen (secondary N) is 1. The Balaban J connectivity index is 2.28. The van der Waals surface area contributed by atoms with Crippen LogP contribution in [0, 0.1) is 5.92 Å². The zero-order valence-corrected chi connectivity index (χ0v) is 12.5. The van der Waals surface area contributed by atoms with Crippen molar-refractivity contribution >= 4 is 11.8 Å². The predicted octanol–water partition coefficient (Wildman–Crippen LogP) is 1.18. The third-order valence-electron chi connectivity index (χ3n) is 3.28. The van der Waals surface area contributed by atoms with Crippen molar-refractivity contribution in [1.29, 1.82) is 0 Å². The summed E-state index contributed by atoms with van der Waals surface area (Å²) in [6.45, 7) is 10.4. The summed E-state index contributed by atoms with van der Waals surface area (Å²) < 4.78 is 5.13. The molecule has 1 atom stereocenters. The molecule has 1 N–H and O–H groups in total. The Kier molecular flexibility index (Phi) is 5.79. The lowest BCUT2D eigenvalue weighted by molar-refractivity contribution is -0.131. The molecule has 0 bridgehead atoms. The van der Waals surface area contributed by atoms with Gasteiger partial charge in [-0.1, -0.05) is 0 Å². The van der Waals surface area contributed by atoms with Gasteiger partial charge in [-0.05, 0) is 27.7 Å². The van der Waals surface area contributed by atoms with Crippen LogP contribution in [-0.4, -0.2) is 48.6 Å². The summed E-state index contributed by atoms with van der Waals surface area (Å²) in [5.74, 6) is 0.402. The van der Waals surface area contributed by atoms with Crippen molar-refractivity contribution in [1.82, 2.24) is 10.2 Å². The Labute approximate surface area is 115 Å². The summed E-state index contributed by atoms with van der Waals surface area (Å²) in [5, 5.41) is 2.88. The van der Waals surface area contributed by atoms with E-state index in [1.807, 2.05) is 32.6 Å². The highest BCUT2D eigenvalue weighted by Crippen LogP contribution is 2.25. The van der Waals surface area contributed by atoms with Gasteiger partial charge in [-0.15, -0.1) is 0 Å². The topological polar surface area (TPSA) is 58.6 Å². The van der Waals surface area contributed by atoms with Gasteiger partial charge in [-0.2, -0.15) is 0 Å². The normalized spacial score (nSPS) is 19.9. The molecule has 2 amide bonds. The second-order valence-corrected chi connectivity index (χ2v) is 6.00. The van der Waals surface area contributed by atoms with Crippen molar-refractivity contribution in [3.8, 4) is 0 Å². The minimum absolute atomic E-state index is 0.00453. The van der Waals surface area contributed by atoms with Gasteiger partial charge in [0.2, 0.25) is 11.8 Å². The molecular formula is C14H26N2O3. The lowest BCUT2D eigenvalue weighted by atomic mass is 10.1. The van der Waals surface area contributed by atoms with Crippen LogP contribution in [0.1, 0.15) is 40.5 Å². The molecule has 5 heteroatoms. The molecule has 0 aliphatic carbocycles. The zero-order chi connectivity index (χ0) is 14.5. The van der Waals surface area contributed by atoms with Gasteiger partial charge in [0.05, 0.1) is 6.61 Å². The van der Waals surface area contributed by atoms with Gasteiger partial charge in [-0.3, -0.25) is 9.59 Å². The first-order valence-corrected chi connectivity index (χ1v) is 6.99. The van der Waals surface area contributed by atoms with Crippen LogP contribution in [0.2, 0.25) is 0 Å². The van der Waals surface area contributed by atoms with Crippen LogP contribution in [0.4, 0.5) is 0 Å². The van der Waals surface area contributed by atoms with Crippen LogP contribution in [0.3, 0.4) is 0 Å². The number of carbonyl (C=O) groups is 2. The van der Waals surface area contributed by atoms with E-state index in [1.165, 1.54) is 0 Å². The highest BCUT2D eigenvalue weighted by atomic mass is 16.5. The van der Waals surface area contributed by atoms with Crippen molar-refractivity contribution in [2.75, 3.05) is 26.3 Å². The monoisotopic (exact) mass is 270 g/mol. The van der Waals surface area contributed by atoms with Crippen molar-refractivity contribution < 1.29 is 14.3 Å². The maximum Gasteiger partial charge on any atom is 0.223 e. The van der Waals surface area contributed by atoms with Crippen LogP contribution >= 0.6 is 0 Å². The lowest BCUT2D eigenvalue weighted by Crippen LogP contribution is -2.42. The van der Waals surface area contributed by atoms with Crippen LogP contribution < -0.4 is 5.32 Å². The standard InChI is InChI=1S/C14H26N2O3/c1-5-19-7-6-12(17)15-9-11-8-13(18)16(10-11)14(2,3)4/h11H,5-10H2,1-4H3,(H,15,17)/t11-/m1/s1. The summed E-state index contributed by atoms with van der Waals surface area (Å²) in [5.41, 5.74) is -0.134. The van der Waals surface area contributed by atoms with E-state index in [1.54, 1.807) is 0 Å². The molecule has 0 radical (unpaired) electrons. The quantitative estimate of drug-likeness (QED) is 0.737. The van der Waals surface area contributed by atoms with Gasteiger partial charge >= 0.3 is 0 Å². The molecule has 1 rings (SSSR count). The molecule has 5 nitrogen and oxygen atoms in total. The Bertz CT molecular complexity index is 323. The first-order chi connectivity index (χ1) is 8.84. The third kappa shape index (κ3) is 5.19. The average molecular weight is 270 g/mol. The number of amides is 2. The average Bonchev–Trinajstić information content (AvgIpc) is 2.68. The van der Waals surface area contributed by atoms with Crippen LogP contribution in [0.25, 0.3) is 0 Å². The molecule has 0 aromatic carbocycles. The van der Waals surface area contributed by atoms with Crippen LogP contribution in [0.15, 0.2) is 0 Å². The first kappa shape index (κ1) is 16.0. The zero-order valence-electron chi connectivity index (χ0n) is 12.5. The molecule has 19 heavy (non-hydrogen) atoms. The van der Waals surface area contributed by atoms with E-state index in [0.717, 1.165) is 6.54 Å². The number of ether oxygens (including phenoxy) is 1. The Morgan fingerprint density at radius 2 is 2.16 bits per heavy atom. The van der Waals surface area contributed by atoms with Crippen LogP contribution in [-0.2, 0) is 14.3 Å². The van der Waals surface area contributed by atoms with Gasteiger partial charge in [0.25, 0.3) is 0 Å². The van der Waals surface area contributed by atoms with Crippen molar-refractivity contribution in [3.05, 3.63) is 0 Å². The van der Waals surface area contributed by atoms with Gasteiger partial charge in [0, 0.05) is 44.0 Å². The summed E-state index contributed by atoms with van der Waals surface area (Å²) in [6.07, 6.45) is 0.917. The maximum atomic E-state index is 11.9. The number of likely N-dealkylation sites (tertiary alicyclic amines) is 1. The molecule has 0 saturated carbocycles. The van der Waals surface area contributed by atoms with Gasteiger partial charge < -0.3 is 15.0 Å². The number of carbonyl (C=O) groups excluding carboxylic acids is 2. The molecule has 0 unspecified atom stereocenters. The third-order valence-corrected chi connectivity index (χ3v) is 3.28. The Morgan fingerprint density at radius 1 is 1.47 bits per heavy atom. The van der Waals surface area contributed by atoms with E-state index in [9.17, 15) is 9.59 Å². The minimum Gasteiger partial charge on any atom is -0.381 e. The second-order valence-electron chi connectivity index (χ2n) is 6.00. The molecule has 0 aromatic rings. The second kappa shape index (κ2) is 6.89. The smallest absolute Gasteiger partial charge is 0.223 e. The number of hydrogen-bond donors (Lipinski definition) is 1. The highest BCUT2D eigenvalue weighted by molar-refractivity contribution is 5.80. The van der Waals surface area contributed by atoms with Crippen molar-refractivity contribution in [2.24, 2.45) is 5.92 Å². The van der Waals surface area contributed by atoms with Crippen molar-refractivity contribution in [3.63, 3.8) is 0 Å². The molecule has 1 heterocycles. The van der Waals surface area contributed by atoms with Crippen LogP contribution in [0.5, 0.6) is 0 Å². The van der Waals surface area contributed by atoms with Gasteiger partial charge in [0.15, 0.2) is 0 Å². The molecule has 110 valence electrons. The van der Waals surface area contributed by atoms with E-state index in [4.69, 9.17) is 4.74 Å². The van der Waals surface area contributed by atoms with Gasteiger partial charge in [-0.25, -0.2) is 0 Å². The number of nitrogens with zero attached hydrogens (tertiary/aromatic N) is 1. The molecule has 1 aliphatic heterocycles. The number of hydrogen-bond acceptors (Lipinski definition) is 3. The molecule has 1 aliphatic rings. The fourth-order valence-electron chi connectivity index (χ4n) is 2.22. The lowest BCUT2D eigenvalue weighted by Gasteiger charge is -2.32. The summed E-state index contributed by atoms with van der Waals surface area (Å²) in [7, 11) is 0. The largest absolute Gasteiger partial charge is 0.381 e. The molecule has 0 spiro atoms. The Morgan fingerprint density at radius 3 is 2.68 bits per heavy atom. The summed E-state index contributed by atoms with van der Waals surface area (Å²) in [4.78, 5) is 25.3. The van der Waals surface area contributed by atoms with E-state index in [2.05, 4.69) is 5.32 Å². The summed E-state index contributed by atoms with van der Waals surface area (Å²) in [6, 6.07) is 0. The van der Waals surface area contributed by atoms with E-state index in [0.29, 0.717) is 32.6 Å². The molecule has 0 aromatic heterocycles. The highest BCUT2D eigenvalue weighted by Gasteiger charge is 2.35. The fourth-order valence-corrected chi connectivity index (χ4v) is 2.22. The number of rotatable bonds is 6.